The second-order valence-corrected chi connectivity index (χ2v) is 5.35. The number of nitrogens with one attached hydrogen (secondary N) is 2. The molecule has 0 bridgehead atoms. The molecule has 0 aliphatic rings. The molecule has 0 saturated carbocycles. The first-order chi connectivity index (χ1) is 7.95. The highest BCUT2D eigenvalue weighted by molar-refractivity contribution is 7.89. The molecule has 0 spiro atoms. The van der Waals surface area contributed by atoms with Crippen LogP contribution in [0, 0.1) is 0 Å². The minimum Gasteiger partial charge on any atom is -0.481 e. The molecule has 1 atom stereocenters. The van der Waals surface area contributed by atoms with Crippen LogP contribution in [0.5, 0.6) is 0 Å². The third-order valence-corrected chi connectivity index (χ3v) is 3.65. The Morgan fingerprint density at radius 3 is 2.82 bits per heavy atom. The summed E-state index contributed by atoms with van der Waals surface area (Å²) >= 11 is 0. The van der Waals surface area contributed by atoms with Gasteiger partial charge in [-0.05, 0) is 6.42 Å². The highest BCUT2D eigenvalue weighted by atomic mass is 32.2. The molecule has 17 heavy (non-hydrogen) atoms. The predicted molar refractivity (Wildman–Crippen MR) is 59.9 cm³/mol. The lowest BCUT2D eigenvalue weighted by atomic mass is 10.1. The number of nitrogens with zero attached hydrogens (tertiary/aromatic N) is 1. The minimum atomic E-state index is -3.69. The zero-order valence-corrected chi connectivity index (χ0v) is 10.2. The minimum absolute atomic E-state index is 0.00370. The first-order valence-corrected chi connectivity index (χ1v) is 6.67. The summed E-state index contributed by atoms with van der Waals surface area (Å²) in [5, 5.41) is 14.6. The molecule has 0 aliphatic heterocycles. The molecule has 0 amide bonds. The number of sulfonamides is 1. The monoisotopic (exact) mass is 261 g/mol. The predicted octanol–water partition coefficient (Wildman–Crippen LogP) is 0.331. The van der Waals surface area contributed by atoms with Crippen molar-refractivity contribution in [2.45, 2.75) is 37.1 Å². The molecule has 1 unspecified atom stereocenters. The molecule has 3 N–H and O–H groups in total. The highest BCUT2D eigenvalue weighted by Gasteiger charge is 2.22. The van der Waals surface area contributed by atoms with Gasteiger partial charge in [-0.1, -0.05) is 13.3 Å². The Labute approximate surface area is 99.3 Å². The standard InChI is InChI=1S/C9H15N3O4S/c1-2-3-7(4-9(13)14)12-17(15,16)8-5-10-11-6-8/h5-7,12H,2-4H2,1H3,(H,10,11)(H,13,14). The van der Waals surface area contributed by atoms with Gasteiger partial charge in [0.2, 0.25) is 10.0 Å². The topological polar surface area (TPSA) is 112 Å². The maximum Gasteiger partial charge on any atom is 0.304 e. The van der Waals surface area contributed by atoms with E-state index in [4.69, 9.17) is 5.11 Å². The van der Waals surface area contributed by atoms with Crippen LogP contribution >= 0.6 is 0 Å². The van der Waals surface area contributed by atoms with E-state index in [1.165, 1.54) is 12.4 Å². The molecule has 0 saturated heterocycles. The van der Waals surface area contributed by atoms with Gasteiger partial charge in [-0.3, -0.25) is 9.89 Å². The van der Waals surface area contributed by atoms with E-state index >= 15 is 0 Å². The fourth-order valence-corrected chi connectivity index (χ4v) is 2.61. The van der Waals surface area contributed by atoms with Crippen molar-refractivity contribution in [3.63, 3.8) is 0 Å². The van der Waals surface area contributed by atoms with Crippen LogP contribution in [0.4, 0.5) is 0 Å². The molecular formula is C9H15N3O4S. The summed E-state index contributed by atoms with van der Waals surface area (Å²) in [5.74, 6) is -1.03. The van der Waals surface area contributed by atoms with Crippen molar-refractivity contribution >= 4 is 16.0 Å². The summed E-state index contributed by atoms with van der Waals surface area (Å²) in [6.07, 6.45) is 3.36. The quantitative estimate of drug-likeness (QED) is 0.654. The lowest BCUT2D eigenvalue weighted by Gasteiger charge is -2.15. The van der Waals surface area contributed by atoms with Crippen molar-refractivity contribution in [2.24, 2.45) is 0 Å². The van der Waals surface area contributed by atoms with Gasteiger partial charge in [0.05, 0.1) is 12.6 Å². The Bertz CT molecular complexity index is 455. The van der Waals surface area contributed by atoms with Crippen LogP contribution in [-0.2, 0) is 14.8 Å². The number of aliphatic carboxylic acids is 1. The molecule has 1 heterocycles. The third-order valence-electron chi connectivity index (χ3n) is 2.16. The molecule has 0 aliphatic carbocycles. The third kappa shape index (κ3) is 4.16. The van der Waals surface area contributed by atoms with Gasteiger partial charge >= 0.3 is 5.97 Å². The first-order valence-electron chi connectivity index (χ1n) is 5.18. The second-order valence-electron chi connectivity index (χ2n) is 3.64. The average molecular weight is 261 g/mol. The fourth-order valence-electron chi connectivity index (χ4n) is 1.44. The molecule has 0 aromatic carbocycles. The van der Waals surface area contributed by atoms with Crippen molar-refractivity contribution in [3.05, 3.63) is 12.4 Å². The lowest BCUT2D eigenvalue weighted by molar-refractivity contribution is -0.137. The smallest absolute Gasteiger partial charge is 0.304 e. The maximum atomic E-state index is 11.8. The van der Waals surface area contributed by atoms with Crippen LogP contribution in [0.2, 0.25) is 0 Å². The first kappa shape index (κ1) is 13.7. The number of rotatable bonds is 7. The number of aromatic amines is 1. The molecule has 0 fully saturated rings. The van der Waals surface area contributed by atoms with Crippen LogP contribution in [-0.4, -0.2) is 35.7 Å². The zero-order valence-electron chi connectivity index (χ0n) is 9.38. The van der Waals surface area contributed by atoms with E-state index in [9.17, 15) is 13.2 Å². The molecule has 1 aromatic heterocycles. The summed E-state index contributed by atoms with van der Waals surface area (Å²) in [6.45, 7) is 1.86. The van der Waals surface area contributed by atoms with E-state index in [1.807, 2.05) is 6.92 Å². The molecule has 0 radical (unpaired) electrons. The number of carboxylic acid groups (broad SMARTS) is 1. The Morgan fingerprint density at radius 1 is 1.65 bits per heavy atom. The number of aromatic nitrogens is 2. The van der Waals surface area contributed by atoms with Gasteiger partial charge in [0, 0.05) is 12.2 Å². The SMILES string of the molecule is CCCC(CC(=O)O)NS(=O)(=O)c1cn[nH]c1. The molecule has 8 heteroatoms. The summed E-state index contributed by atoms with van der Waals surface area (Å²) in [7, 11) is -3.69. The number of H-pyrrole nitrogens is 1. The van der Waals surface area contributed by atoms with Crippen molar-refractivity contribution in [2.75, 3.05) is 0 Å². The van der Waals surface area contributed by atoms with Gasteiger partial charge in [-0.15, -0.1) is 0 Å². The second kappa shape index (κ2) is 5.78. The van der Waals surface area contributed by atoms with Gasteiger partial charge < -0.3 is 5.11 Å². The van der Waals surface area contributed by atoms with Crippen LogP contribution in [0.15, 0.2) is 17.3 Å². The van der Waals surface area contributed by atoms with E-state index in [-0.39, 0.29) is 11.3 Å². The lowest BCUT2D eigenvalue weighted by Crippen LogP contribution is -2.36. The van der Waals surface area contributed by atoms with Crippen LogP contribution < -0.4 is 4.72 Å². The largest absolute Gasteiger partial charge is 0.481 e. The van der Waals surface area contributed by atoms with Crippen molar-refractivity contribution in [1.82, 2.24) is 14.9 Å². The normalized spacial score (nSPS) is 13.5. The van der Waals surface area contributed by atoms with E-state index in [1.54, 1.807) is 0 Å². The van der Waals surface area contributed by atoms with Gasteiger partial charge in [0.15, 0.2) is 0 Å². The van der Waals surface area contributed by atoms with Crippen LogP contribution in [0.25, 0.3) is 0 Å². The van der Waals surface area contributed by atoms with Gasteiger partial charge in [0.25, 0.3) is 0 Å². The summed E-state index contributed by atoms with van der Waals surface area (Å²) in [5.41, 5.74) is 0. The summed E-state index contributed by atoms with van der Waals surface area (Å²) in [6, 6.07) is -0.600. The fraction of sp³-hybridized carbons (Fsp3) is 0.556. The zero-order chi connectivity index (χ0) is 12.9. The molecule has 96 valence electrons. The van der Waals surface area contributed by atoms with Gasteiger partial charge in [0.1, 0.15) is 4.90 Å². The van der Waals surface area contributed by atoms with E-state index in [2.05, 4.69) is 14.9 Å². The van der Waals surface area contributed by atoms with E-state index in [0.29, 0.717) is 12.8 Å². The number of carbonyl (C=O) groups is 1. The van der Waals surface area contributed by atoms with Crippen LogP contribution in [0.3, 0.4) is 0 Å². The number of carboxylic acids is 1. The molecular weight excluding hydrogens is 246 g/mol. The summed E-state index contributed by atoms with van der Waals surface area (Å²) < 4.78 is 26.0. The van der Waals surface area contributed by atoms with E-state index < -0.39 is 22.0 Å². The summed E-state index contributed by atoms with van der Waals surface area (Å²) in [4.78, 5) is 10.6. The van der Waals surface area contributed by atoms with Gasteiger partial charge in [-0.2, -0.15) is 5.10 Å². The van der Waals surface area contributed by atoms with Crippen molar-refractivity contribution < 1.29 is 18.3 Å². The van der Waals surface area contributed by atoms with Crippen molar-refractivity contribution in [3.8, 4) is 0 Å². The molecule has 1 aromatic rings. The Balaban J connectivity index is 2.76. The van der Waals surface area contributed by atoms with Gasteiger partial charge in [-0.25, -0.2) is 13.1 Å². The molecule has 7 nitrogen and oxygen atoms in total. The average Bonchev–Trinajstić information content (AvgIpc) is 2.69. The Morgan fingerprint density at radius 2 is 2.35 bits per heavy atom. The van der Waals surface area contributed by atoms with Crippen molar-refractivity contribution in [1.29, 1.82) is 0 Å². The Kier molecular flexibility index (Phi) is 4.64. The number of hydrogen-bond donors (Lipinski definition) is 3. The highest BCUT2D eigenvalue weighted by Crippen LogP contribution is 2.10. The van der Waals surface area contributed by atoms with Crippen LogP contribution in [0.1, 0.15) is 26.2 Å². The molecule has 1 rings (SSSR count). The Hall–Kier alpha value is -1.41. The number of hydrogen-bond acceptors (Lipinski definition) is 4. The van der Waals surface area contributed by atoms with E-state index in [0.717, 1.165) is 0 Å². The maximum absolute atomic E-state index is 11.8.